The van der Waals surface area contributed by atoms with E-state index in [1.165, 1.54) is 18.2 Å². The summed E-state index contributed by atoms with van der Waals surface area (Å²) in [7, 11) is 1.53. The van der Waals surface area contributed by atoms with Gasteiger partial charge in [-0.15, -0.1) is 0 Å². The average Bonchev–Trinajstić information content (AvgIpc) is 3.32. The van der Waals surface area contributed by atoms with Crippen LogP contribution >= 0.6 is 0 Å². The number of hydrogen-bond acceptors (Lipinski definition) is 4. The molecule has 26 heavy (non-hydrogen) atoms. The zero-order chi connectivity index (χ0) is 18.7. The van der Waals surface area contributed by atoms with Crippen molar-refractivity contribution in [1.82, 2.24) is 4.90 Å². The minimum absolute atomic E-state index is 0.00917. The number of rotatable bonds is 6. The summed E-state index contributed by atoms with van der Waals surface area (Å²) in [5, 5.41) is 5.64. The first-order valence-corrected chi connectivity index (χ1v) is 8.44. The van der Waals surface area contributed by atoms with Gasteiger partial charge < -0.3 is 20.0 Å². The molecule has 136 valence electrons. The van der Waals surface area contributed by atoms with Crippen molar-refractivity contribution in [2.24, 2.45) is 5.92 Å². The van der Waals surface area contributed by atoms with Crippen molar-refractivity contribution in [3.8, 4) is 0 Å². The molecule has 7 nitrogen and oxygen atoms in total. The van der Waals surface area contributed by atoms with Gasteiger partial charge in [-0.1, -0.05) is 6.07 Å². The summed E-state index contributed by atoms with van der Waals surface area (Å²) in [6.45, 7) is 1.75. The number of carbonyl (C=O) groups excluding carboxylic acids is 3. The molecule has 1 heterocycles. The Balaban J connectivity index is 1.61. The largest absolute Gasteiger partial charge is 0.459 e. The SMILES string of the molecule is Cc1ccc(NC(=O)C2CC2)cc1NC(=O)CN(C)C(=O)c1ccco1. The molecule has 1 aliphatic carbocycles. The van der Waals surface area contributed by atoms with Gasteiger partial charge in [0.1, 0.15) is 0 Å². The second-order valence-corrected chi connectivity index (χ2v) is 6.48. The van der Waals surface area contributed by atoms with E-state index >= 15 is 0 Å². The Morgan fingerprint density at radius 2 is 1.96 bits per heavy atom. The van der Waals surface area contributed by atoms with Crippen molar-refractivity contribution in [2.75, 3.05) is 24.2 Å². The molecule has 1 aliphatic rings. The van der Waals surface area contributed by atoms with Gasteiger partial charge in [0, 0.05) is 24.3 Å². The molecule has 2 N–H and O–H groups in total. The molecule has 3 amide bonds. The highest BCUT2D eigenvalue weighted by atomic mass is 16.3. The van der Waals surface area contributed by atoms with Gasteiger partial charge in [-0.3, -0.25) is 14.4 Å². The third kappa shape index (κ3) is 4.30. The van der Waals surface area contributed by atoms with Crippen LogP contribution in [0.5, 0.6) is 0 Å². The standard InChI is InChI=1S/C19H21N3O4/c1-12-5-8-14(20-18(24)13-6-7-13)10-15(12)21-17(23)11-22(2)19(25)16-4-3-9-26-16/h3-5,8-10,13H,6-7,11H2,1-2H3,(H,20,24)(H,21,23). The number of nitrogens with one attached hydrogen (secondary N) is 2. The lowest BCUT2D eigenvalue weighted by Gasteiger charge is -2.16. The van der Waals surface area contributed by atoms with Crippen LogP contribution in [-0.2, 0) is 9.59 Å². The van der Waals surface area contributed by atoms with E-state index in [9.17, 15) is 14.4 Å². The van der Waals surface area contributed by atoms with Gasteiger partial charge in [-0.2, -0.15) is 0 Å². The normalized spacial score (nSPS) is 13.2. The maximum Gasteiger partial charge on any atom is 0.289 e. The molecule has 0 bridgehead atoms. The lowest BCUT2D eigenvalue weighted by molar-refractivity contribution is -0.117. The smallest absolute Gasteiger partial charge is 0.289 e. The molecular weight excluding hydrogens is 334 g/mol. The molecule has 3 rings (SSSR count). The van der Waals surface area contributed by atoms with Gasteiger partial charge in [0.15, 0.2) is 5.76 Å². The average molecular weight is 355 g/mol. The summed E-state index contributed by atoms with van der Waals surface area (Å²) in [5.41, 5.74) is 2.10. The predicted molar refractivity (Wildman–Crippen MR) is 96.8 cm³/mol. The zero-order valence-electron chi connectivity index (χ0n) is 14.7. The summed E-state index contributed by atoms with van der Waals surface area (Å²) >= 11 is 0. The number of furan rings is 1. The molecule has 0 saturated heterocycles. The lowest BCUT2D eigenvalue weighted by atomic mass is 10.1. The van der Waals surface area contributed by atoms with Gasteiger partial charge in [0.05, 0.1) is 12.8 Å². The lowest BCUT2D eigenvalue weighted by Crippen LogP contribution is -2.34. The molecular formula is C19H21N3O4. The quantitative estimate of drug-likeness (QED) is 0.833. The minimum atomic E-state index is -0.368. The van der Waals surface area contributed by atoms with Gasteiger partial charge in [0.25, 0.3) is 5.91 Å². The van der Waals surface area contributed by atoms with E-state index in [4.69, 9.17) is 4.42 Å². The molecule has 0 aliphatic heterocycles. The highest BCUT2D eigenvalue weighted by Crippen LogP contribution is 2.30. The molecule has 7 heteroatoms. The van der Waals surface area contributed by atoms with Crippen LogP contribution in [0.25, 0.3) is 0 Å². The highest BCUT2D eigenvalue weighted by molar-refractivity contribution is 5.99. The zero-order valence-corrected chi connectivity index (χ0v) is 14.7. The van der Waals surface area contributed by atoms with Crippen molar-refractivity contribution < 1.29 is 18.8 Å². The van der Waals surface area contributed by atoms with E-state index in [0.29, 0.717) is 11.4 Å². The van der Waals surface area contributed by atoms with Crippen LogP contribution in [0.4, 0.5) is 11.4 Å². The molecule has 0 atom stereocenters. The van der Waals surface area contributed by atoms with Crippen molar-refractivity contribution in [3.05, 3.63) is 47.9 Å². The van der Waals surface area contributed by atoms with Crippen LogP contribution in [0.2, 0.25) is 0 Å². The van der Waals surface area contributed by atoms with E-state index in [1.54, 1.807) is 24.3 Å². The fraction of sp³-hybridized carbons (Fsp3) is 0.316. The molecule has 0 spiro atoms. The van der Waals surface area contributed by atoms with Crippen LogP contribution in [0.15, 0.2) is 41.0 Å². The predicted octanol–water partition coefficient (Wildman–Crippen LogP) is 2.65. The Morgan fingerprint density at radius 1 is 1.19 bits per heavy atom. The van der Waals surface area contributed by atoms with Crippen LogP contribution < -0.4 is 10.6 Å². The molecule has 0 radical (unpaired) electrons. The van der Waals surface area contributed by atoms with Crippen molar-refractivity contribution in [3.63, 3.8) is 0 Å². The third-order valence-electron chi connectivity index (χ3n) is 4.19. The number of hydrogen-bond donors (Lipinski definition) is 2. The fourth-order valence-corrected chi connectivity index (χ4v) is 2.49. The molecule has 1 saturated carbocycles. The van der Waals surface area contributed by atoms with Crippen LogP contribution in [0, 0.1) is 12.8 Å². The highest BCUT2D eigenvalue weighted by Gasteiger charge is 2.29. The molecule has 2 aromatic rings. The minimum Gasteiger partial charge on any atom is -0.459 e. The Morgan fingerprint density at radius 3 is 2.62 bits per heavy atom. The Kier molecular flexibility index (Phi) is 5.06. The topological polar surface area (TPSA) is 91.7 Å². The van der Waals surface area contributed by atoms with E-state index in [1.807, 2.05) is 13.0 Å². The number of benzene rings is 1. The number of aryl methyl sites for hydroxylation is 1. The van der Waals surface area contributed by atoms with Crippen LogP contribution in [0.1, 0.15) is 29.0 Å². The number of anilines is 2. The summed E-state index contributed by atoms with van der Waals surface area (Å²) in [6.07, 6.45) is 3.26. The van der Waals surface area contributed by atoms with Crippen LogP contribution in [-0.4, -0.2) is 36.2 Å². The number of carbonyl (C=O) groups is 3. The van der Waals surface area contributed by atoms with Gasteiger partial charge in [-0.25, -0.2) is 0 Å². The van der Waals surface area contributed by atoms with Crippen molar-refractivity contribution >= 4 is 29.1 Å². The number of nitrogens with zero attached hydrogens (tertiary/aromatic N) is 1. The fourth-order valence-electron chi connectivity index (χ4n) is 2.49. The van der Waals surface area contributed by atoms with E-state index in [0.717, 1.165) is 18.4 Å². The van der Waals surface area contributed by atoms with Crippen LogP contribution in [0.3, 0.4) is 0 Å². The monoisotopic (exact) mass is 355 g/mol. The first-order valence-electron chi connectivity index (χ1n) is 8.44. The third-order valence-corrected chi connectivity index (χ3v) is 4.19. The second-order valence-electron chi connectivity index (χ2n) is 6.48. The van der Waals surface area contributed by atoms with Crippen molar-refractivity contribution in [1.29, 1.82) is 0 Å². The number of amides is 3. The first kappa shape index (κ1) is 17.7. The molecule has 1 fully saturated rings. The Hall–Kier alpha value is -3.09. The van der Waals surface area contributed by atoms with Gasteiger partial charge in [-0.05, 0) is 49.6 Å². The van der Waals surface area contributed by atoms with Crippen molar-refractivity contribution in [2.45, 2.75) is 19.8 Å². The Bertz CT molecular complexity index is 825. The van der Waals surface area contributed by atoms with Gasteiger partial charge >= 0.3 is 0 Å². The Labute approximate surface area is 151 Å². The summed E-state index contributed by atoms with van der Waals surface area (Å²) < 4.78 is 5.05. The maximum absolute atomic E-state index is 12.3. The summed E-state index contributed by atoms with van der Waals surface area (Å²) in [4.78, 5) is 37.5. The first-order chi connectivity index (χ1) is 12.4. The number of likely N-dealkylation sites (N-methyl/N-ethyl adjacent to an activating group) is 1. The van der Waals surface area contributed by atoms with E-state index in [-0.39, 0.29) is 35.9 Å². The van der Waals surface area contributed by atoms with E-state index in [2.05, 4.69) is 10.6 Å². The van der Waals surface area contributed by atoms with E-state index < -0.39 is 0 Å². The summed E-state index contributed by atoms with van der Waals surface area (Å²) in [5.74, 6) is -0.403. The van der Waals surface area contributed by atoms with Gasteiger partial charge in [0.2, 0.25) is 11.8 Å². The molecule has 0 unspecified atom stereocenters. The summed E-state index contributed by atoms with van der Waals surface area (Å²) in [6, 6.07) is 8.52. The second kappa shape index (κ2) is 7.43. The molecule has 1 aromatic carbocycles. The molecule has 1 aromatic heterocycles. The maximum atomic E-state index is 12.3.